The first kappa shape index (κ1) is 10.8. The van der Waals surface area contributed by atoms with E-state index < -0.39 is 0 Å². The highest BCUT2D eigenvalue weighted by atomic mass is 16.1. The van der Waals surface area contributed by atoms with Crippen molar-refractivity contribution in [1.29, 1.82) is 0 Å². The van der Waals surface area contributed by atoms with Gasteiger partial charge < -0.3 is 10.3 Å². The van der Waals surface area contributed by atoms with Gasteiger partial charge in [0.1, 0.15) is 5.82 Å². The fraction of sp³-hybridized carbons (Fsp3) is 0.333. The number of aromatic amines is 1. The van der Waals surface area contributed by atoms with Crippen LogP contribution < -0.4 is 5.32 Å². The molecule has 0 spiro atoms. The number of nitrogens with zero attached hydrogens (tertiary/aromatic N) is 1. The fourth-order valence-corrected chi connectivity index (χ4v) is 1.65. The highest BCUT2D eigenvalue weighted by Crippen LogP contribution is 2.13. The maximum atomic E-state index is 11.8. The number of Topliss-reactive ketones (excluding diaryl/α,β-unsaturated/α-hetero) is 1. The molecule has 0 aliphatic carbocycles. The molecule has 0 saturated carbocycles. The lowest BCUT2D eigenvalue weighted by Gasteiger charge is -2.01. The van der Waals surface area contributed by atoms with Crippen LogP contribution in [-0.2, 0) is 0 Å². The zero-order chi connectivity index (χ0) is 11.5. The molecule has 0 amide bonds. The lowest BCUT2D eigenvalue weighted by atomic mass is 10.1. The number of nitrogens with one attached hydrogen (secondary N) is 2. The number of ketones is 1. The van der Waals surface area contributed by atoms with E-state index in [0.717, 1.165) is 29.0 Å². The number of rotatable bonds is 4. The van der Waals surface area contributed by atoms with E-state index in [0.29, 0.717) is 6.54 Å². The quantitative estimate of drug-likeness (QED) is 0.766. The minimum Gasteiger partial charge on any atom is -0.342 e. The van der Waals surface area contributed by atoms with E-state index in [-0.39, 0.29) is 5.78 Å². The number of carbonyl (C=O) groups is 1. The second-order valence-corrected chi connectivity index (χ2v) is 3.76. The third-order valence-electron chi connectivity index (χ3n) is 2.46. The van der Waals surface area contributed by atoms with Crippen molar-refractivity contribution >= 4 is 16.8 Å². The summed E-state index contributed by atoms with van der Waals surface area (Å²) in [5.74, 6) is 0.974. The van der Waals surface area contributed by atoms with E-state index in [4.69, 9.17) is 0 Å². The van der Waals surface area contributed by atoms with E-state index in [9.17, 15) is 4.79 Å². The highest BCUT2D eigenvalue weighted by Gasteiger charge is 2.07. The number of fused-ring (bicyclic) bond motifs is 1. The van der Waals surface area contributed by atoms with Gasteiger partial charge in [-0.1, -0.05) is 6.92 Å². The first-order chi connectivity index (χ1) is 7.70. The molecule has 2 N–H and O–H groups in total. The standard InChI is InChI=1S/C12H15N3O/c1-3-13-7-12(16)9-4-5-10-11(6-9)15-8(2)14-10/h4-6,13H,3,7H2,1-2H3,(H,14,15). The first-order valence-electron chi connectivity index (χ1n) is 5.41. The second-order valence-electron chi connectivity index (χ2n) is 3.76. The summed E-state index contributed by atoms with van der Waals surface area (Å²) in [6.07, 6.45) is 0. The van der Waals surface area contributed by atoms with Crippen LogP contribution in [0.1, 0.15) is 23.1 Å². The molecule has 0 saturated heterocycles. The van der Waals surface area contributed by atoms with Crippen LogP contribution >= 0.6 is 0 Å². The predicted molar refractivity (Wildman–Crippen MR) is 63.7 cm³/mol. The molecule has 0 radical (unpaired) electrons. The van der Waals surface area contributed by atoms with Gasteiger partial charge in [0.05, 0.1) is 17.6 Å². The van der Waals surface area contributed by atoms with Gasteiger partial charge in [-0.25, -0.2) is 4.98 Å². The van der Waals surface area contributed by atoms with Crippen molar-refractivity contribution in [2.45, 2.75) is 13.8 Å². The Morgan fingerprint density at radius 1 is 1.50 bits per heavy atom. The highest BCUT2D eigenvalue weighted by molar-refractivity contribution is 6.00. The first-order valence-corrected chi connectivity index (χ1v) is 5.41. The van der Waals surface area contributed by atoms with Crippen LogP contribution in [-0.4, -0.2) is 28.8 Å². The average Bonchev–Trinajstić information content (AvgIpc) is 2.64. The summed E-state index contributed by atoms with van der Waals surface area (Å²) >= 11 is 0. The SMILES string of the molecule is CCNCC(=O)c1ccc2nc(C)[nH]c2c1. The van der Waals surface area contributed by atoms with E-state index in [1.165, 1.54) is 0 Å². The third-order valence-corrected chi connectivity index (χ3v) is 2.46. The zero-order valence-electron chi connectivity index (χ0n) is 9.50. The van der Waals surface area contributed by atoms with Crippen molar-refractivity contribution in [2.24, 2.45) is 0 Å². The van der Waals surface area contributed by atoms with Gasteiger partial charge in [-0.15, -0.1) is 0 Å². The molecule has 16 heavy (non-hydrogen) atoms. The molecule has 0 atom stereocenters. The Labute approximate surface area is 94.1 Å². The minimum atomic E-state index is 0.107. The number of hydrogen-bond acceptors (Lipinski definition) is 3. The molecular formula is C12H15N3O. The molecule has 84 valence electrons. The maximum Gasteiger partial charge on any atom is 0.176 e. The van der Waals surface area contributed by atoms with Crippen LogP contribution in [0.25, 0.3) is 11.0 Å². The van der Waals surface area contributed by atoms with E-state index in [2.05, 4.69) is 15.3 Å². The van der Waals surface area contributed by atoms with Crippen LogP contribution in [0, 0.1) is 6.92 Å². The van der Waals surface area contributed by atoms with E-state index in [1.807, 2.05) is 32.0 Å². The zero-order valence-corrected chi connectivity index (χ0v) is 9.50. The molecule has 0 aliphatic rings. The second kappa shape index (κ2) is 4.45. The summed E-state index contributed by atoms with van der Waals surface area (Å²) in [7, 11) is 0. The lowest BCUT2D eigenvalue weighted by Crippen LogP contribution is -2.22. The Hall–Kier alpha value is -1.68. The normalized spacial score (nSPS) is 10.9. The van der Waals surface area contributed by atoms with Crippen LogP contribution in [0.4, 0.5) is 0 Å². The van der Waals surface area contributed by atoms with E-state index in [1.54, 1.807) is 0 Å². The molecule has 2 rings (SSSR count). The number of H-pyrrole nitrogens is 1. The van der Waals surface area contributed by atoms with Crippen molar-refractivity contribution in [2.75, 3.05) is 13.1 Å². The topological polar surface area (TPSA) is 57.8 Å². The van der Waals surface area contributed by atoms with Crippen molar-refractivity contribution in [1.82, 2.24) is 15.3 Å². The molecule has 0 fully saturated rings. The average molecular weight is 217 g/mol. The largest absolute Gasteiger partial charge is 0.342 e. The predicted octanol–water partition coefficient (Wildman–Crippen LogP) is 1.66. The van der Waals surface area contributed by atoms with Crippen LogP contribution in [0.3, 0.4) is 0 Å². The summed E-state index contributed by atoms with van der Waals surface area (Å²) in [6, 6.07) is 5.55. The maximum absolute atomic E-state index is 11.8. The minimum absolute atomic E-state index is 0.107. The van der Waals surface area contributed by atoms with Crippen molar-refractivity contribution < 1.29 is 4.79 Å². The van der Waals surface area contributed by atoms with Crippen LogP contribution in [0.5, 0.6) is 0 Å². The van der Waals surface area contributed by atoms with Crippen LogP contribution in [0.15, 0.2) is 18.2 Å². The monoisotopic (exact) mass is 217 g/mol. The van der Waals surface area contributed by atoms with Crippen LogP contribution in [0.2, 0.25) is 0 Å². The fourth-order valence-electron chi connectivity index (χ4n) is 1.65. The van der Waals surface area contributed by atoms with Gasteiger partial charge in [-0.3, -0.25) is 4.79 Å². The summed E-state index contributed by atoms with van der Waals surface area (Å²) < 4.78 is 0. The Morgan fingerprint density at radius 3 is 3.06 bits per heavy atom. The van der Waals surface area contributed by atoms with Gasteiger partial charge in [-0.2, -0.15) is 0 Å². The lowest BCUT2D eigenvalue weighted by molar-refractivity contribution is 0.0992. The number of benzene rings is 1. The molecule has 4 heteroatoms. The molecule has 1 aromatic heterocycles. The molecular weight excluding hydrogens is 202 g/mol. The van der Waals surface area contributed by atoms with E-state index >= 15 is 0 Å². The Kier molecular flexibility index (Phi) is 3.01. The molecule has 4 nitrogen and oxygen atoms in total. The van der Waals surface area contributed by atoms with Crippen molar-refractivity contribution in [3.05, 3.63) is 29.6 Å². The molecule has 1 heterocycles. The van der Waals surface area contributed by atoms with Gasteiger partial charge in [-0.05, 0) is 31.7 Å². The summed E-state index contributed by atoms with van der Waals surface area (Å²) in [5.41, 5.74) is 2.54. The summed E-state index contributed by atoms with van der Waals surface area (Å²) in [4.78, 5) is 19.2. The number of aromatic nitrogens is 2. The third kappa shape index (κ3) is 2.12. The summed E-state index contributed by atoms with van der Waals surface area (Å²) in [5, 5.41) is 3.02. The Bertz CT molecular complexity index is 516. The van der Waals surface area contributed by atoms with Gasteiger partial charge in [0.2, 0.25) is 0 Å². The molecule has 0 aliphatic heterocycles. The molecule has 0 unspecified atom stereocenters. The number of imidazole rings is 1. The Balaban J connectivity index is 2.28. The number of hydrogen-bond donors (Lipinski definition) is 2. The molecule has 0 bridgehead atoms. The smallest absolute Gasteiger partial charge is 0.176 e. The molecule has 2 aromatic rings. The van der Waals surface area contributed by atoms with Gasteiger partial charge >= 0.3 is 0 Å². The van der Waals surface area contributed by atoms with Gasteiger partial charge in [0, 0.05) is 5.56 Å². The number of aryl methyl sites for hydroxylation is 1. The summed E-state index contributed by atoms with van der Waals surface area (Å²) in [6.45, 7) is 5.07. The number of carbonyl (C=O) groups excluding carboxylic acids is 1. The molecule has 1 aromatic carbocycles. The Morgan fingerprint density at radius 2 is 2.31 bits per heavy atom. The number of likely N-dealkylation sites (N-methyl/N-ethyl adjacent to an activating group) is 1. The van der Waals surface area contributed by atoms with Gasteiger partial charge in [0.25, 0.3) is 0 Å². The van der Waals surface area contributed by atoms with Crippen molar-refractivity contribution in [3.63, 3.8) is 0 Å². The van der Waals surface area contributed by atoms with Gasteiger partial charge in [0.15, 0.2) is 5.78 Å². The van der Waals surface area contributed by atoms with Crippen molar-refractivity contribution in [3.8, 4) is 0 Å².